The van der Waals surface area contributed by atoms with Crippen molar-refractivity contribution < 1.29 is 24.5 Å². The number of hydrogen-bond acceptors (Lipinski definition) is 9. The molecule has 1 fully saturated rings. The molecule has 5 aromatic rings. The molecule has 2 N–H and O–H groups in total. The molecule has 43 heavy (non-hydrogen) atoms. The third-order valence-electron chi connectivity index (χ3n) is 8.15. The van der Waals surface area contributed by atoms with Crippen LogP contribution >= 0.6 is 22.9 Å². The summed E-state index contributed by atoms with van der Waals surface area (Å²) >= 11 is 7.56. The van der Waals surface area contributed by atoms with E-state index in [2.05, 4.69) is 20.9 Å². The first-order valence-electron chi connectivity index (χ1n) is 14.0. The fourth-order valence-corrected chi connectivity index (χ4v) is 6.66. The van der Waals surface area contributed by atoms with Crippen LogP contribution in [0.4, 0.5) is 0 Å². The third-order valence-corrected chi connectivity index (χ3v) is 9.14. The molecule has 220 valence electrons. The number of thiazole rings is 1. The molecule has 3 aromatic heterocycles. The Morgan fingerprint density at radius 2 is 1.98 bits per heavy atom. The zero-order valence-corrected chi connectivity index (χ0v) is 24.8. The van der Waals surface area contributed by atoms with E-state index in [1.807, 2.05) is 29.7 Å². The molecule has 12 heteroatoms. The first kappa shape index (κ1) is 27.6. The fourth-order valence-electron chi connectivity index (χ4n) is 5.97. The average molecular weight is 618 g/mol. The summed E-state index contributed by atoms with van der Waals surface area (Å²) in [5, 5.41) is 20.8. The van der Waals surface area contributed by atoms with Crippen LogP contribution in [-0.2, 0) is 18.9 Å². The number of hydrogen-bond donors (Lipinski definition) is 2. The first-order chi connectivity index (χ1) is 20.8. The number of carbonyl (C=O) groups is 1. The molecule has 7 rings (SSSR count). The lowest BCUT2D eigenvalue weighted by atomic mass is 9.88. The number of fused-ring (bicyclic) bond motifs is 2. The quantitative estimate of drug-likeness (QED) is 0.226. The average Bonchev–Trinajstić information content (AvgIpc) is 3.72. The molecule has 0 amide bonds. The number of nitrogens with zero attached hydrogens (tertiary/aromatic N) is 5. The van der Waals surface area contributed by atoms with Gasteiger partial charge in [0, 0.05) is 29.8 Å². The van der Waals surface area contributed by atoms with Crippen LogP contribution in [-0.4, -0.2) is 53.7 Å². The van der Waals surface area contributed by atoms with E-state index >= 15 is 0 Å². The summed E-state index contributed by atoms with van der Waals surface area (Å²) < 4.78 is 14.7. The van der Waals surface area contributed by atoms with Gasteiger partial charge in [-0.2, -0.15) is 0 Å². The zero-order chi connectivity index (χ0) is 29.7. The molecule has 0 radical (unpaired) electrons. The summed E-state index contributed by atoms with van der Waals surface area (Å²) in [6.45, 7) is 4.59. The second kappa shape index (κ2) is 10.8. The standard InChI is InChI=1S/C31H28ClN5O5S/c1-31(26-6-5-20(32)13-34-26)41-25-4-2-3-22(29(25)42-31)18-7-9-36(10-8-18)16-27-35-28-23(11-19(30(39)40)12-24(28)38)37(27)15-21-14-33-17-43-21/h2-6,11-14,17-18,38H,7-10,15-16H2,1H3,(H,39,40)/t31-/m0/s1. The topological polar surface area (TPSA) is 123 Å². The van der Waals surface area contributed by atoms with E-state index in [4.69, 9.17) is 26.1 Å². The molecule has 0 aliphatic carbocycles. The number of phenols is 1. The number of rotatable bonds is 7. The number of aromatic carboxylic acids is 1. The summed E-state index contributed by atoms with van der Waals surface area (Å²) in [6, 6.07) is 12.5. The Morgan fingerprint density at radius 3 is 2.70 bits per heavy atom. The van der Waals surface area contributed by atoms with E-state index in [-0.39, 0.29) is 17.2 Å². The van der Waals surface area contributed by atoms with Gasteiger partial charge in [0.2, 0.25) is 0 Å². The minimum absolute atomic E-state index is 0.0207. The van der Waals surface area contributed by atoms with Crippen LogP contribution in [0.5, 0.6) is 17.2 Å². The van der Waals surface area contributed by atoms with Gasteiger partial charge in [-0.3, -0.25) is 14.9 Å². The monoisotopic (exact) mass is 617 g/mol. The van der Waals surface area contributed by atoms with Gasteiger partial charge in [-0.1, -0.05) is 23.7 Å². The fraction of sp³-hybridized carbons (Fsp3) is 0.290. The number of likely N-dealkylation sites (tertiary alicyclic amines) is 1. The van der Waals surface area contributed by atoms with Crippen LogP contribution in [0.3, 0.4) is 0 Å². The highest BCUT2D eigenvalue weighted by atomic mass is 35.5. The van der Waals surface area contributed by atoms with Crippen LogP contribution in [0.1, 0.15) is 58.0 Å². The second-order valence-electron chi connectivity index (χ2n) is 11.0. The first-order valence-corrected chi connectivity index (χ1v) is 15.2. The second-order valence-corrected chi connectivity index (χ2v) is 12.4. The number of halogens is 1. The Kier molecular flexibility index (Phi) is 6.95. The van der Waals surface area contributed by atoms with Crippen molar-refractivity contribution in [2.24, 2.45) is 0 Å². The molecule has 0 spiro atoms. The lowest BCUT2D eigenvalue weighted by Crippen LogP contribution is -2.34. The summed E-state index contributed by atoms with van der Waals surface area (Å²) in [6.07, 6.45) is 5.22. The highest BCUT2D eigenvalue weighted by Gasteiger charge is 2.42. The minimum Gasteiger partial charge on any atom is -0.506 e. The van der Waals surface area contributed by atoms with Crippen molar-refractivity contribution >= 4 is 39.9 Å². The Bertz CT molecular complexity index is 1820. The van der Waals surface area contributed by atoms with Crippen molar-refractivity contribution in [2.45, 2.75) is 44.6 Å². The number of para-hydroxylation sites is 1. The number of carboxylic acid groups (broad SMARTS) is 1. The number of aromatic nitrogens is 4. The highest BCUT2D eigenvalue weighted by Crippen LogP contribution is 2.49. The lowest BCUT2D eigenvalue weighted by Gasteiger charge is -2.32. The van der Waals surface area contributed by atoms with Gasteiger partial charge in [0.25, 0.3) is 5.79 Å². The van der Waals surface area contributed by atoms with Gasteiger partial charge in [-0.15, -0.1) is 11.3 Å². The van der Waals surface area contributed by atoms with E-state index in [1.54, 1.807) is 30.0 Å². The van der Waals surface area contributed by atoms with Crippen molar-refractivity contribution in [3.63, 3.8) is 0 Å². The number of ether oxygens (including phenoxy) is 2. The van der Waals surface area contributed by atoms with Gasteiger partial charge < -0.3 is 24.3 Å². The van der Waals surface area contributed by atoms with Gasteiger partial charge in [0.05, 0.1) is 34.7 Å². The summed E-state index contributed by atoms with van der Waals surface area (Å²) in [5.41, 5.74) is 4.55. The molecule has 2 aliphatic heterocycles. The van der Waals surface area contributed by atoms with E-state index in [0.29, 0.717) is 40.6 Å². The molecule has 0 bridgehead atoms. The molecular weight excluding hydrogens is 590 g/mol. The Hall–Kier alpha value is -4.19. The number of phenolic OH excluding ortho intramolecular Hbond substituents is 1. The highest BCUT2D eigenvalue weighted by molar-refractivity contribution is 7.09. The predicted octanol–water partition coefficient (Wildman–Crippen LogP) is 6.02. The van der Waals surface area contributed by atoms with Crippen molar-refractivity contribution in [3.8, 4) is 17.2 Å². The Balaban J connectivity index is 1.10. The summed E-state index contributed by atoms with van der Waals surface area (Å²) in [5.74, 6) is 0.244. The maximum atomic E-state index is 11.7. The van der Waals surface area contributed by atoms with Crippen molar-refractivity contribution in [1.29, 1.82) is 0 Å². The maximum Gasteiger partial charge on any atom is 0.335 e. The van der Waals surface area contributed by atoms with Gasteiger partial charge >= 0.3 is 5.97 Å². The number of imidazole rings is 1. The van der Waals surface area contributed by atoms with Crippen LogP contribution in [0.15, 0.2) is 60.4 Å². The summed E-state index contributed by atoms with van der Waals surface area (Å²) in [7, 11) is 0. The number of benzene rings is 2. The van der Waals surface area contributed by atoms with Gasteiger partial charge in [-0.05, 0) is 62.2 Å². The van der Waals surface area contributed by atoms with E-state index < -0.39 is 11.8 Å². The third kappa shape index (κ3) is 5.17. The Labute approximate surface area is 256 Å². The number of carboxylic acids is 1. The number of aromatic hydroxyl groups is 1. The number of pyridine rings is 1. The predicted molar refractivity (Wildman–Crippen MR) is 161 cm³/mol. The lowest BCUT2D eigenvalue weighted by molar-refractivity contribution is -0.0722. The minimum atomic E-state index is -1.10. The van der Waals surface area contributed by atoms with Crippen molar-refractivity contribution in [3.05, 3.63) is 92.9 Å². The normalized spacial score (nSPS) is 18.8. The van der Waals surface area contributed by atoms with Crippen molar-refractivity contribution in [1.82, 2.24) is 24.4 Å². The van der Waals surface area contributed by atoms with Gasteiger partial charge in [0.1, 0.15) is 22.8 Å². The SMILES string of the molecule is C[C@]1(c2ccc(Cl)cn2)Oc2cccc(C3CCN(Cc4nc5c(O)cc(C(=O)O)cc5n4Cc4cncs4)CC3)c2O1. The van der Waals surface area contributed by atoms with Crippen LogP contribution in [0.25, 0.3) is 11.0 Å². The molecule has 5 heterocycles. The van der Waals surface area contributed by atoms with Gasteiger partial charge in [0.15, 0.2) is 11.5 Å². The smallest absolute Gasteiger partial charge is 0.335 e. The molecular formula is C31H28ClN5O5S. The zero-order valence-electron chi connectivity index (χ0n) is 23.2. The summed E-state index contributed by atoms with van der Waals surface area (Å²) in [4.78, 5) is 28.5. The largest absolute Gasteiger partial charge is 0.506 e. The van der Waals surface area contributed by atoms with Crippen LogP contribution in [0, 0.1) is 0 Å². The van der Waals surface area contributed by atoms with Crippen molar-refractivity contribution in [2.75, 3.05) is 13.1 Å². The van der Waals surface area contributed by atoms with E-state index in [9.17, 15) is 15.0 Å². The van der Waals surface area contributed by atoms with Crippen LogP contribution < -0.4 is 9.47 Å². The molecule has 10 nitrogen and oxygen atoms in total. The molecule has 0 unspecified atom stereocenters. The van der Waals surface area contributed by atoms with Crippen LogP contribution in [0.2, 0.25) is 5.02 Å². The molecule has 1 saturated heterocycles. The van der Waals surface area contributed by atoms with E-state index in [0.717, 1.165) is 47.9 Å². The molecule has 0 saturated carbocycles. The molecule has 1 atom stereocenters. The molecule has 2 aliphatic rings. The van der Waals surface area contributed by atoms with E-state index in [1.165, 1.54) is 17.4 Å². The number of piperidine rings is 1. The molecule has 2 aromatic carbocycles. The maximum absolute atomic E-state index is 11.7. The van der Waals surface area contributed by atoms with Gasteiger partial charge in [-0.25, -0.2) is 9.78 Å². The Morgan fingerprint density at radius 1 is 1.14 bits per heavy atom.